The van der Waals surface area contributed by atoms with Crippen molar-refractivity contribution in [1.82, 2.24) is 14.6 Å². The zero-order valence-corrected chi connectivity index (χ0v) is 9.12. The predicted molar refractivity (Wildman–Crippen MR) is 58.3 cm³/mol. The Morgan fingerprint density at radius 3 is 3.12 bits per heavy atom. The van der Waals surface area contributed by atoms with Gasteiger partial charge in [0.15, 0.2) is 5.82 Å². The standard InChI is InChI=1S/C10H12N4O2/c1-13(7-9(15)16-2)10-8-3-4-12-14(8)6-5-11-10/h3-6H,7H2,1-2H3. The van der Waals surface area contributed by atoms with Gasteiger partial charge in [0.25, 0.3) is 0 Å². The fourth-order valence-electron chi connectivity index (χ4n) is 1.47. The van der Waals surface area contributed by atoms with Gasteiger partial charge in [0.05, 0.1) is 13.3 Å². The zero-order chi connectivity index (χ0) is 11.5. The van der Waals surface area contributed by atoms with Crippen LogP contribution in [0, 0.1) is 0 Å². The third-order valence-corrected chi connectivity index (χ3v) is 2.26. The Labute approximate surface area is 92.5 Å². The lowest BCUT2D eigenvalue weighted by molar-refractivity contribution is -0.138. The van der Waals surface area contributed by atoms with E-state index < -0.39 is 0 Å². The number of hydrogen-bond acceptors (Lipinski definition) is 5. The van der Waals surface area contributed by atoms with Gasteiger partial charge in [-0.3, -0.25) is 4.79 Å². The van der Waals surface area contributed by atoms with E-state index in [0.717, 1.165) is 5.52 Å². The molecule has 2 heterocycles. The van der Waals surface area contributed by atoms with Gasteiger partial charge in [-0.2, -0.15) is 5.10 Å². The molecule has 0 saturated carbocycles. The van der Waals surface area contributed by atoms with Crippen LogP contribution in [0.4, 0.5) is 5.82 Å². The van der Waals surface area contributed by atoms with E-state index in [1.165, 1.54) is 7.11 Å². The molecule has 84 valence electrons. The Hall–Kier alpha value is -2.11. The Morgan fingerprint density at radius 2 is 2.38 bits per heavy atom. The third kappa shape index (κ3) is 1.81. The molecule has 0 aliphatic rings. The van der Waals surface area contributed by atoms with Crippen molar-refractivity contribution in [2.75, 3.05) is 25.6 Å². The number of hydrogen-bond donors (Lipinski definition) is 0. The number of rotatable bonds is 3. The molecule has 6 nitrogen and oxygen atoms in total. The summed E-state index contributed by atoms with van der Waals surface area (Å²) >= 11 is 0. The van der Waals surface area contributed by atoms with Crippen molar-refractivity contribution in [3.63, 3.8) is 0 Å². The lowest BCUT2D eigenvalue weighted by atomic mass is 10.4. The van der Waals surface area contributed by atoms with E-state index in [2.05, 4.69) is 14.8 Å². The first-order valence-electron chi connectivity index (χ1n) is 4.78. The molecule has 0 amide bonds. The average Bonchev–Trinajstić information content (AvgIpc) is 2.76. The SMILES string of the molecule is COC(=O)CN(C)c1nccn2nccc12. The first-order chi connectivity index (χ1) is 7.72. The highest BCUT2D eigenvalue weighted by molar-refractivity contribution is 5.78. The molecule has 0 saturated heterocycles. The molecule has 0 spiro atoms. The molecule has 0 unspecified atom stereocenters. The largest absolute Gasteiger partial charge is 0.468 e. The second-order valence-corrected chi connectivity index (χ2v) is 3.34. The summed E-state index contributed by atoms with van der Waals surface area (Å²) in [4.78, 5) is 17.1. The normalized spacial score (nSPS) is 10.4. The maximum absolute atomic E-state index is 11.2. The van der Waals surface area contributed by atoms with Gasteiger partial charge in [-0.1, -0.05) is 0 Å². The number of likely N-dealkylation sites (N-methyl/N-ethyl adjacent to an activating group) is 1. The van der Waals surface area contributed by atoms with Gasteiger partial charge in [0, 0.05) is 19.4 Å². The molecular weight excluding hydrogens is 208 g/mol. The molecule has 0 bridgehead atoms. The quantitative estimate of drug-likeness (QED) is 0.698. The minimum atomic E-state index is -0.300. The predicted octanol–water partition coefficient (Wildman–Crippen LogP) is 0.338. The van der Waals surface area contributed by atoms with Crippen LogP contribution in [0.2, 0.25) is 0 Å². The number of fused-ring (bicyclic) bond motifs is 1. The van der Waals surface area contributed by atoms with E-state index in [4.69, 9.17) is 0 Å². The van der Waals surface area contributed by atoms with E-state index in [9.17, 15) is 4.79 Å². The van der Waals surface area contributed by atoms with Gasteiger partial charge >= 0.3 is 5.97 Å². The van der Waals surface area contributed by atoms with Gasteiger partial charge < -0.3 is 9.64 Å². The van der Waals surface area contributed by atoms with Gasteiger partial charge in [-0.15, -0.1) is 0 Å². The highest BCUT2D eigenvalue weighted by Crippen LogP contribution is 2.15. The maximum atomic E-state index is 11.2. The van der Waals surface area contributed by atoms with Crippen LogP contribution >= 0.6 is 0 Å². The van der Waals surface area contributed by atoms with Crippen molar-refractivity contribution in [2.24, 2.45) is 0 Å². The van der Waals surface area contributed by atoms with Crippen LogP contribution in [-0.4, -0.2) is 41.3 Å². The van der Waals surface area contributed by atoms with Crippen LogP contribution in [0.3, 0.4) is 0 Å². The average molecular weight is 220 g/mol. The van der Waals surface area contributed by atoms with E-state index >= 15 is 0 Å². The Morgan fingerprint density at radius 1 is 1.56 bits per heavy atom. The molecular formula is C10H12N4O2. The van der Waals surface area contributed by atoms with Crippen molar-refractivity contribution in [3.05, 3.63) is 24.7 Å². The van der Waals surface area contributed by atoms with Crippen LogP contribution in [0.1, 0.15) is 0 Å². The molecule has 0 aliphatic heterocycles. The lowest BCUT2D eigenvalue weighted by Gasteiger charge is -2.16. The number of anilines is 1. The molecule has 16 heavy (non-hydrogen) atoms. The Kier molecular flexibility index (Phi) is 2.72. The molecule has 0 N–H and O–H groups in total. The summed E-state index contributed by atoms with van der Waals surface area (Å²) in [5, 5.41) is 4.09. The van der Waals surface area contributed by atoms with Gasteiger partial charge in [-0.25, -0.2) is 9.50 Å². The van der Waals surface area contributed by atoms with Crippen LogP contribution < -0.4 is 4.90 Å². The number of ether oxygens (including phenoxy) is 1. The fraction of sp³-hybridized carbons (Fsp3) is 0.300. The number of aromatic nitrogens is 3. The van der Waals surface area contributed by atoms with Crippen molar-refractivity contribution in [1.29, 1.82) is 0 Å². The molecule has 0 aromatic carbocycles. The topological polar surface area (TPSA) is 59.7 Å². The Balaban J connectivity index is 2.32. The summed E-state index contributed by atoms with van der Waals surface area (Å²) in [5.41, 5.74) is 0.855. The van der Waals surface area contributed by atoms with Gasteiger partial charge in [0.1, 0.15) is 12.1 Å². The first-order valence-corrected chi connectivity index (χ1v) is 4.78. The highest BCUT2D eigenvalue weighted by Gasteiger charge is 2.11. The molecule has 0 radical (unpaired) electrons. The molecule has 0 aliphatic carbocycles. The molecule has 2 rings (SSSR count). The maximum Gasteiger partial charge on any atom is 0.325 e. The summed E-state index contributed by atoms with van der Waals surface area (Å²) in [6.45, 7) is 0.161. The molecule has 6 heteroatoms. The number of carbonyl (C=O) groups is 1. The van der Waals surface area contributed by atoms with Crippen LogP contribution in [0.25, 0.3) is 5.52 Å². The minimum Gasteiger partial charge on any atom is -0.468 e. The van der Waals surface area contributed by atoms with E-state index in [1.807, 2.05) is 6.07 Å². The second-order valence-electron chi connectivity index (χ2n) is 3.34. The summed E-state index contributed by atoms with van der Waals surface area (Å²) in [6, 6.07) is 1.84. The number of esters is 1. The van der Waals surface area contributed by atoms with E-state index in [-0.39, 0.29) is 12.5 Å². The van der Waals surface area contributed by atoms with Gasteiger partial charge in [0.2, 0.25) is 0 Å². The minimum absolute atomic E-state index is 0.161. The van der Waals surface area contributed by atoms with Crippen LogP contribution in [0.15, 0.2) is 24.7 Å². The zero-order valence-electron chi connectivity index (χ0n) is 9.12. The van der Waals surface area contributed by atoms with Crippen molar-refractivity contribution in [3.8, 4) is 0 Å². The van der Waals surface area contributed by atoms with Crippen molar-refractivity contribution >= 4 is 17.3 Å². The third-order valence-electron chi connectivity index (χ3n) is 2.26. The van der Waals surface area contributed by atoms with Crippen LogP contribution in [-0.2, 0) is 9.53 Å². The highest BCUT2D eigenvalue weighted by atomic mass is 16.5. The molecule has 0 atom stereocenters. The van der Waals surface area contributed by atoms with Crippen LogP contribution in [0.5, 0.6) is 0 Å². The first kappa shape index (κ1) is 10.4. The number of nitrogens with zero attached hydrogens (tertiary/aromatic N) is 4. The lowest BCUT2D eigenvalue weighted by Crippen LogP contribution is -2.27. The summed E-state index contributed by atoms with van der Waals surface area (Å²) in [5.74, 6) is 0.399. The number of carbonyl (C=O) groups excluding carboxylic acids is 1. The summed E-state index contributed by atoms with van der Waals surface area (Å²) in [6.07, 6.45) is 5.08. The second kappa shape index (κ2) is 4.18. The van der Waals surface area contributed by atoms with Crippen molar-refractivity contribution in [2.45, 2.75) is 0 Å². The van der Waals surface area contributed by atoms with E-state index in [1.54, 1.807) is 35.1 Å². The summed E-state index contributed by atoms with van der Waals surface area (Å²) in [7, 11) is 3.15. The monoisotopic (exact) mass is 220 g/mol. The van der Waals surface area contributed by atoms with Crippen molar-refractivity contribution < 1.29 is 9.53 Å². The number of methoxy groups -OCH3 is 1. The summed E-state index contributed by atoms with van der Waals surface area (Å²) < 4.78 is 6.31. The molecule has 2 aromatic rings. The molecule has 0 fully saturated rings. The van der Waals surface area contributed by atoms with Gasteiger partial charge in [-0.05, 0) is 6.07 Å². The fourth-order valence-corrected chi connectivity index (χ4v) is 1.47. The Bertz CT molecular complexity index is 508. The molecule has 2 aromatic heterocycles. The van der Waals surface area contributed by atoms with E-state index in [0.29, 0.717) is 5.82 Å². The smallest absolute Gasteiger partial charge is 0.325 e.